The summed E-state index contributed by atoms with van der Waals surface area (Å²) in [7, 11) is -2.51. The molecule has 0 N–H and O–H groups in total. The molecule has 2 heterocycles. The van der Waals surface area contributed by atoms with Crippen molar-refractivity contribution in [2.45, 2.75) is 11.0 Å². The maximum atomic E-state index is 12.4. The van der Waals surface area contributed by atoms with Gasteiger partial charge in [0.25, 0.3) is 0 Å². The number of hydrogen-bond acceptors (Lipinski definition) is 6. The summed E-state index contributed by atoms with van der Waals surface area (Å²) in [5.74, 6) is -0.599. The number of nitrogens with zero attached hydrogens (tertiary/aromatic N) is 2. The molecule has 1 unspecified atom stereocenters. The molecule has 1 aliphatic heterocycles. The van der Waals surface area contributed by atoms with E-state index in [2.05, 4.69) is 9.72 Å². The average molecular weight is 321 g/mol. The Bertz CT molecular complexity index is 607. The number of morpholine rings is 1. The molecule has 0 saturated carbocycles. The maximum Gasteiger partial charge on any atom is 0.336 e. The topological polar surface area (TPSA) is 85.8 Å². The predicted octanol–water partition coefficient (Wildman–Crippen LogP) is 0.297. The van der Waals surface area contributed by atoms with Crippen molar-refractivity contribution in [3.05, 3.63) is 23.5 Å². The lowest BCUT2D eigenvalue weighted by atomic mass is 10.3. The Kier molecular flexibility index (Phi) is 4.59. The van der Waals surface area contributed by atoms with E-state index in [1.54, 1.807) is 0 Å². The summed E-state index contributed by atoms with van der Waals surface area (Å²) < 4.78 is 35.8. The SMILES string of the molecule is COC(=O)C1CN(S(=O)(=O)c2ccnc(Cl)c2)CCO1. The van der Waals surface area contributed by atoms with Crippen LogP contribution >= 0.6 is 11.6 Å². The van der Waals surface area contributed by atoms with E-state index in [0.717, 1.165) is 0 Å². The van der Waals surface area contributed by atoms with Gasteiger partial charge in [0.05, 0.1) is 25.2 Å². The standard InChI is InChI=1S/C11H13ClN2O5S/c1-18-11(15)9-7-14(4-5-19-9)20(16,17)8-2-3-13-10(12)6-8/h2-3,6,9H,4-5,7H2,1H3. The molecule has 0 radical (unpaired) electrons. The Morgan fingerprint density at radius 3 is 3.00 bits per heavy atom. The molecule has 0 spiro atoms. The van der Waals surface area contributed by atoms with E-state index in [1.807, 2.05) is 0 Å². The highest BCUT2D eigenvalue weighted by Gasteiger charge is 2.34. The number of rotatable bonds is 3. The molecular weight excluding hydrogens is 308 g/mol. The number of pyridine rings is 1. The highest BCUT2D eigenvalue weighted by molar-refractivity contribution is 7.89. The van der Waals surface area contributed by atoms with Crippen LogP contribution in [0, 0.1) is 0 Å². The van der Waals surface area contributed by atoms with Crippen LogP contribution in [0.15, 0.2) is 23.2 Å². The van der Waals surface area contributed by atoms with E-state index < -0.39 is 22.1 Å². The Balaban J connectivity index is 2.23. The molecule has 9 heteroatoms. The van der Waals surface area contributed by atoms with Gasteiger partial charge in [0.2, 0.25) is 10.0 Å². The van der Waals surface area contributed by atoms with Crippen molar-refractivity contribution in [2.75, 3.05) is 26.8 Å². The molecule has 1 aromatic rings. The van der Waals surface area contributed by atoms with Gasteiger partial charge >= 0.3 is 5.97 Å². The second kappa shape index (κ2) is 6.04. The van der Waals surface area contributed by atoms with Gasteiger partial charge in [-0.15, -0.1) is 0 Å². The number of sulfonamides is 1. The van der Waals surface area contributed by atoms with Crippen LogP contribution in [0.4, 0.5) is 0 Å². The van der Waals surface area contributed by atoms with Crippen molar-refractivity contribution < 1.29 is 22.7 Å². The molecule has 2 rings (SSSR count). The zero-order valence-electron chi connectivity index (χ0n) is 10.7. The summed E-state index contributed by atoms with van der Waals surface area (Å²) >= 11 is 5.70. The Morgan fingerprint density at radius 1 is 1.60 bits per heavy atom. The summed E-state index contributed by atoms with van der Waals surface area (Å²) in [6.45, 7) is 0.197. The van der Waals surface area contributed by atoms with Gasteiger partial charge in [-0.1, -0.05) is 11.6 Å². The smallest absolute Gasteiger partial charge is 0.336 e. The van der Waals surface area contributed by atoms with Gasteiger partial charge in [-0.05, 0) is 12.1 Å². The molecule has 0 aliphatic carbocycles. The third-order valence-electron chi connectivity index (χ3n) is 2.83. The number of halogens is 1. The van der Waals surface area contributed by atoms with E-state index in [9.17, 15) is 13.2 Å². The number of carbonyl (C=O) groups excluding carboxylic acids is 1. The first-order valence-corrected chi connectivity index (χ1v) is 7.58. The highest BCUT2D eigenvalue weighted by Crippen LogP contribution is 2.20. The Morgan fingerprint density at radius 2 is 2.35 bits per heavy atom. The van der Waals surface area contributed by atoms with Crippen LogP contribution in [0.2, 0.25) is 5.15 Å². The largest absolute Gasteiger partial charge is 0.467 e. The number of carbonyl (C=O) groups is 1. The summed E-state index contributed by atoms with van der Waals surface area (Å²) in [5, 5.41) is 0.0869. The molecule has 0 amide bonds. The number of aromatic nitrogens is 1. The quantitative estimate of drug-likeness (QED) is 0.588. The lowest BCUT2D eigenvalue weighted by molar-refractivity contribution is -0.157. The Hall–Kier alpha value is -1.22. The molecule has 0 aromatic carbocycles. The van der Waals surface area contributed by atoms with Crippen LogP contribution in [-0.2, 0) is 24.3 Å². The zero-order chi connectivity index (χ0) is 14.8. The van der Waals surface area contributed by atoms with Gasteiger partial charge in [0.15, 0.2) is 6.10 Å². The monoisotopic (exact) mass is 320 g/mol. The fourth-order valence-corrected chi connectivity index (χ4v) is 3.49. The van der Waals surface area contributed by atoms with Gasteiger partial charge in [-0.3, -0.25) is 0 Å². The van der Waals surface area contributed by atoms with Crippen LogP contribution < -0.4 is 0 Å². The first kappa shape index (κ1) is 15.2. The van der Waals surface area contributed by atoms with Crippen LogP contribution in [0.3, 0.4) is 0 Å². The minimum atomic E-state index is -3.74. The molecule has 1 saturated heterocycles. The minimum Gasteiger partial charge on any atom is -0.467 e. The van der Waals surface area contributed by atoms with E-state index in [-0.39, 0.29) is 29.7 Å². The normalized spacial score (nSPS) is 20.6. The van der Waals surface area contributed by atoms with Crippen LogP contribution in [0.1, 0.15) is 0 Å². The second-order valence-corrected chi connectivity index (χ2v) is 6.39. The number of esters is 1. The summed E-state index contributed by atoms with van der Waals surface area (Å²) in [6, 6.07) is 2.61. The van der Waals surface area contributed by atoms with E-state index in [1.165, 1.54) is 29.7 Å². The fourth-order valence-electron chi connectivity index (χ4n) is 1.81. The summed E-state index contributed by atoms with van der Waals surface area (Å²) in [5.41, 5.74) is 0. The van der Waals surface area contributed by atoms with Crippen molar-refractivity contribution in [1.82, 2.24) is 9.29 Å². The van der Waals surface area contributed by atoms with Gasteiger partial charge in [-0.25, -0.2) is 18.2 Å². The minimum absolute atomic E-state index is 0.0306. The fraction of sp³-hybridized carbons (Fsp3) is 0.455. The molecule has 0 bridgehead atoms. The van der Waals surface area contributed by atoms with Gasteiger partial charge in [-0.2, -0.15) is 4.31 Å². The molecule has 1 atom stereocenters. The molecule has 1 fully saturated rings. The summed E-state index contributed by atoms with van der Waals surface area (Å²) in [6.07, 6.45) is 0.397. The lowest BCUT2D eigenvalue weighted by Crippen LogP contribution is -2.48. The van der Waals surface area contributed by atoms with Crippen molar-refractivity contribution in [3.63, 3.8) is 0 Å². The van der Waals surface area contributed by atoms with E-state index >= 15 is 0 Å². The molecule has 110 valence electrons. The van der Waals surface area contributed by atoms with Crippen LogP contribution in [0.5, 0.6) is 0 Å². The number of hydrogen-bond donors (Lipinski definition) is 0. The van der Waals surface area contributed by atoms with E-state index in [4.69, 9.17) is 16.3 Å². The van der Waals surface area contributed by atoms with Crippen molar-refractivity contribution in [1.29, 1.82) is 0 Å². The predicted molar refractivity (Wildman–Crippen MR) is 69.8 cm³/mol. The second-order valence-electron chi connectivity index (χ2n) is 4.06. The molecular formula is C11H13ClN2O5S. The third kappa shape index (κ3) is 3.09. The number of ether oxygens (including phenoxy) is 2. The van der Waals surface area contributed by atoms with Gasteiger partial charge in [0, 0.05) is 12.7 Å². The first-order valence-electron chi connectivity index (χ1n) is 5.76. The number of methoxy groups -OCH3 is 1. The Labute approximate surface area is 121 Å². The molecule has 20 heavy (non-hydrogen) atoms. The highest BCUT2D eigenvalue weighted by atomic mass is 35.5. The van der Waals surface area contributed by atoms with Crippen LogP contribution in [-0.4, -0.2) is 56.6 Å². The average Bonchev–Trinajstić information content (AvgIpc) is 2.46. The molecule has 1 aliphatic rings. The molecule has 7 nitrogen and oxygen atoms in total. The van der Waals surface area contributed by atoms with E-state index in [0.29, 0.717) is 0 Å². The third-order valence-corrected chi connectivity index (χ3v) is 4.90. The van der Waals surface area contributed by atoms with Crippen molar-refractivity contribution >= 4 is 27.6 Å². The lowest BCUT2D eigenvalue weighted by Gasteiger charge is -2.30. The summed E-state index contributed by atoms with van der Waals surface area (Å²) in [4.78, 5) is 15.2. The van der Waals surface area contributed by atoms with Crippen molar-refractivity contribution in [2.24, 2.45) is 0 Å². The maximum absolute atomic E-state index is 12.4. The van der Waals surface area contributed by atoms with Gasteiger partial charge in [0.1, 0.15) is 5.15 Å². The first-order chi connectivity index (χ1) is 9.45. The molecule has 1 aromatic heterocycles. The van der Waals surface area contributed by atoms with Gasteiger partial charge < -0.3 is 9.47 Å². The van der Waals surface area contributed by atoms with Crippen molar-refractivity contribution in [3.8, 4) is 0 Å². The van der Waals surface area contributed by atoms with Crippen LogP contribution in [0.25, 0.3) is 0 Å². The zero-order valence-corrected chi connectivity index (χ0v) is 12.2.